The lowest BCUT2D eigenvalue weighted by Crippen LogP contribution is -2.27. The second kappa shape index (κ2) is 8.01. The average molecular weight is 381 g/mol. The van der Waals surface area contributed by atoms with Crippen LogP contribution in [0.1, 0.15) is 15.9 Å². The predicted octanol–water partition coefficient (Wildman–Crippen LogP) is 2.84. The maximum Gasteiger partial charge on any atom is 0.264 e. The molecule has 0 aliphatic rings. The van der Waals surface area contributed by atoms with E-state index in [-0.39, 0.29) is 10.8 Å². The number of aromatic nitrogens is 1. The van der Waals surface area contributed by atoms with Crippen LogP contribution in [0.4, 0.5) is 5.69 Å². The largest absolute Gasteiger partial charge is 0.348 e. The van der Waals surface area contributed by atoms with Gasteiger partial charge in [-0.3, -0.25) is 14.1 Å². The Bertz CT molecular complexity index is 1010. The first-order chi connectivity index (χ1) is 13.0. The molecule has 7 heteroatoms. The van der Waals surface area contributed by atoms with Crippen molar-refractivity contribution in [3.8, 4) is 0 Å². The van der Waals surface area contributed by atoms with Gasteiger partial charge in [-0.2, -0.15) is 0 Å². The SMILES string of the molecule is CN(c1ccc(C(=O)NCc2ccncc2)cc1)S(=O)(=O)c1ccccc1. The van der Waals surface area contributed by atoms with E-state index in [9.17, 15) is 13.2 Å². The molecule has 0 radical (unpaired) electrons. The molecular weight excluding hydrogens is 362 g/mol. The first-order valence-corrected chi connectivity index (χ1v) is 9.73. The van der Waals surface area contributed by atoms with Crippen LogP contribution in [0.5, 0.6) is 0 Å². The number of anilines is 1. The third kappa shape index (κ3) is 4.32. The van der Waals surface area contributed by atoms with Crippen molar-refractivity contribution in [2.45, 2.75) is 11.4 Å². The molecule has 0 fully saturated rings. The smallest absolute Gasteiger partial charge is 0.264 e. The van der Waals surface area contributed by atoms with Gasteiger partial charge in [0.15, 0.2) is 0 Å². The minimum Gasteiger partial charge on any atom is -0.348 e. The fourth-order valence-electron chi connectivity index (χ4n) is 2.50. The molecule has 27 heavy (non-hydrogen) atoms. The fraction of sp³-hybridized carbons (Fsp3) is 0.100. The van der Waals surface area contributed by atoms with Gasteiger partial charge in [-0.1, -0.05) is 18.2 Å². The van der Waals surface area contributed by atoms with Crippen molar-refractivity contribution in [3.05, 3.63) is 90.3 Å². The van der Waals surface area contributed by atoms with E-state index in [0.29, 0.717) is 17.8 Å². The van der Waals surface area contributed by atoms with Gasteiger partial charge >= 0.3 is 0 Å². The summed E-state index contributed by atoms with van der Waals surface area (Å²) in [4.78, 5) is 16.4. The molecule has 0 atom stereocenters. The summed E-state index contributed by atoms with van der Waals surface area (Å²) in [5, 5.41) is 2.82. The Kier molecular flexibility index (Phi) is 5.52. The monoisotopic (exact) mass is 381 g/mol. The zero-order valence-corrected chi connectivity index (χ0v) is 15.6. The first-order valence-electron chi connectivity index (χ1n) is 8.29. The number of hydrogen-bond acceptors (Lipinski definition) is 4. The molecule has 0 aliphatic carbocycles. The third-order valence-corrected chi connectivity index (χ3v) is 5.90. The highest BCUT2D eigenvalue weighted by Crippen LogP contribution is 2.22. The molecule has 1 N–H and O–H groups in total. The number of rotatable bonds is 6. The summed E-state index contributed by atoms with van der Waals surface area (Å²) >= 11 is 0. The highest BCUT2D eigenvalue weighted by molar-refractivity contribution is 7.92. The summed E-state index contributed by atoms with van der Waals surface area (Å²) in [6.07, 6.45) is 3.33. The summed E-state index contributed by atoms with van der Waals surface area (Å²) in [6.45, 7) is 0.394. The summed E-state index contributed by atoms with van der Waals surface area (Å²) in [5.74, 6) is -0.230. The summed E-state index contributed by atoms with van der Waals surface area (Å²) < 4.78 is 26.5. The highest BCUT2D eigenvalue weighted by atomic mass is 32.2. The Labute approximate surface area is 158 Å². The second-order valence-corrected chi connectivity index (χ2v) is 7.84. The molecule has 1 aromatic heterocycles. The lowest BCUT2D eigenvalue weighted by atomic mass is 10.2. The van der Waals surface area contributed by atoms with Crippen molar-refractivity contribution in [1.82, 2.24) is 10.3 Å². The molecular formula is C20H19N3O3S. The number of benzene rings is 2. The Morgan fingerprint density at radius 2 is 1.59 bits per heavy atom. The number of nitrogens with zero attached hydrogens (tertiary/aromatic N) is 2. The molecule has 138 valence electrons. The van der Waals surface area contributed by atoms with Gasteiger partial charge in [0.1, 0.15) is 0 Å². The van der Waals surface area contributed by atoms with E-state index in [1.807, 2.05) is 12.1 Å². The number of hydrogen-bond donors (Lipinski definition) is 1. The average Bonchev–Trinajstić information content (AvgIpc) is 2.73. The van der Waals surface area contributed by atoms with Gasteiger partial charge in [0.2, 0.25) is 0 Å². The zero-order valence-electron chi connectivity index (χ0n) is 14.7. The molecule has 0 spiro atoms. The van der Waals surface area contributed by atoms with E-state index >= 15 is 0 Å². The normalized spacial score (nSPS) is 11.0. The van der Waals surface area contributed by atoms with Crippen molar-refractivity contribution in [2.24, 2.45) is 0 Å². The van der Waals surface area contributed by atoms with Crippen LogP contribution in [0.15, 0.2) is 84.0 Å². The molecule has 0 aliphatic heterocycles. The number of carbonyl (C=O) groups excluding carboxylic acids is 1. The van der Waals surface area contributed by atoms with Crippen molar-refractivity contribution in [3.63, 3.8) is 0 Å². The Balaban J connectivity index is 1.70. The van der Waals surface area contributed by atoms with Crippen molar-refractivity contribution < 1.29 is 13.2 Å². The maximum absolute atomic E-state index is 12.7. The van der Waals surface area contributed by atoms with E-state index in [0.717, 1.165) is 5.56 Å². The van der Waals surface area contributed by atoms with Crippen molar-refractivity contribution in [2.75, 3.05) is 11.4 Å². The minimum absolute atomic E-state index is 0.215. The van der Waals surface area contributed by atoms with Crippen LogP contribution < -0.4 is 9.62 Å². The quantitative estimate of drug-likeness (QED) is 0.712. The predicted molar refractivity (Wildman–Crippen MR) is 104 cm³/mol. The van der Waals surface area contributed by atoms with Gasteiger partial charge in [-0.15, -0.1) is 0 Å². The molecule has 3 rings (SSSR count). The molecule has 1 amide bonds. The number of pyridine rings is 1. The molecule has 0 unspecified atom stereocenters. The molecule has 0 saturated heterocycles. The molecule has 3 aromatic rings. The number of sulfonamides is 1. The van der Waals surface area contributed by atoms with Crippen LogP contribution in [-0.4, -0.2) is 26.4 Å². The van der Waals surface area contributed by atoms with Crippen LogP contribution in [0.25, 0.3) is 0 Å². The van der Waals surface area contributed by atoms with Crippen LogP contribution in [0.2, 0.25) is 0 Å². The molecule has 0 saturated carbocycles. The standard InChI is InChI=1S/C20H19N3O3S/c1-23(27(25,26)19-5-3-2-4-6-19)18-9-7-17(8-10-18)20(24)22-15-16-11-13-21-14-12-16/h2-14H,15H2,1H3,(H,22,24). The van der Waals surface area contributed by atoms with E-state index < -0.39 is 10.0 Å². The molecule has 2 aromatic carbocycles. The lowest BCUT2D eigenvalue weighted by Gasteiger charge is -2.19. The Morgan fingerprint density at radius 3 is 2.22 bits per heavy atom. The summed E-state index contributed by atoms with van der Waals surface area (Å²) in [6, 6.07) is 18.3. The highest BCUT2D eigenvalue weighted by Gasteiger charge is 2.21. The van der Waals surface area contributed by atoms with Crippen molar-refractivity contribution in [1.29, 1.82) is 0 Å². The van der Waals surface area contributed by atoms with Crippen molar-refractivity contribution >= 4 is 21.6 Å². The van der Waals surface area contributed by atoms with Crippen LogP contribution in [-0.2, 0) is 16.6 Å². The van der Waals surface area contributed by atoms with E-state index in [1.54, 1.807) is 67.0 Å². The minimum atomic E-state index is -3.64. The van der Waals surface area contributed by atoms with E-state index in [1.165, 1.54) is 11.4 Å². The van der Waals surface area contributed by atoms with Crippen LogP contribution >= 0.6 is 0 Å². The van der Waals surface area contributed by atoms with Gasteiger partial charge in [-0.25, -0.2) is 8.42 Å². The fourth-order valence-corrected chi connectivity index (χ4v) is 3.71. The summed E-state index contributed by atoms with van der Waals surface area (Å²) in [5.41, 5.74) is 1.88. The molecule has 0 bridgehead atoms. The van der Waals surface area contributed by atoms with Crippen LogP contribution in [0.3, 0.4) is 0 Å². The number of nitrogens with one attached hydrogen (secondary N) is 1. The van der Waals surface area contributed by atoms with Gasteiger partial charge in [0, 0.05) is 31.5 Å². The zero-order chi connectivity index (χ0) is 19.3. The van der Waals surface area contributed by atoms with E-state index in [2.05, 4.69) is 10.3 Å². The van der Waals surface area contributed by atoms with Gasteiger partial charge in [-0.05, 0) is 54.1 Å². The molecule has 6 nitrogen and oxygen atoms in total. The number of amides is 1. The van der Waals surface area contributed by atoms with Gasteiger partial charge in [0.25, 0.3) is 15.9 Å². The van der Waals surface area contributed by atoms with Gasteiger partial charge < -0.3 is 5.32 Å². The Morgan fingerprint density at radius 1 is 0.963 bits per heavy atom. The topological polar surface area (TPSA) is 79.4 Å². The maximum atomic E-state index is 12.7. The second-order valence-electron chi connectivity index (χ2n) is 5.87. The van der Waals surface area contributed by atoms with Gasteiger partial charge in [0.05, 0.1) is 10.6 Å². The molecule has 1 heterocycles. The van der Waals surface area contributed by atoms with E-state index in [4.69, 9.17) is 0 Å². The third-order valence-electron chi connectivity index (χ3n) is 4.10. The van der Waals surface area contributed by atoms with Crippen LogP contribution in [0, 0.1) is 0 Å². The summed E-state index contributed by atoms with van der Waals surface area (Å²) in [7, 11) is -2.16. The lowest BCUT2D eigenvalue weighted by molar-refractivity contribution is 0.0951. The number of carbonyl (C=O) groups is 1. The Hall–Kier alpha value is -3.19. The first kappa shape index (κ1) is 18.6.